The minimum Gasteiger partial charge on any atom is -0.288 e. The number of amidine groups is 1. The van der Waals surface area contributed by atoms with Gasteiger partial charge in [-0.1, -0.05) is 30.3 Å². The van der Waals surface area contributed by atoms with Crippen molar-refractivity contribution in [2.45, 2.75) is 0 Å². The maximum Gasteiger partial charge on any atom is 0.174 e. The van der Waals surface area contributed by atoms with E-state index in [9.17, 15) is 0 Å². The highest BCUT2D eigenvalue weighted by Crippen LogP contribution is 2.00. The Morgan fingerprint density at radius 1 is 1.25 bits per heavy atom. The van der Waals surface area contributed by atoms with E-state index >= 15 is 0 Å². The van der Waals surface area contributed by atoms with E-state index in [4.69, 9.17) is 10.8 Å². The van der Waals surface area contributed by atoms with Crippen molar-refractivity contribution in [2.24, 2.45) is 10.2 Å². The lowest BCUT2D eigenvalue weighted by Gasteiger charge is -1.93. The zero-order valence-corrected chi connectivity index (χ0v) is 6.36. The van der Waals surface area contributed by atoms with E-state index in [0.717, 1.165) is 6.34 Å². The predicted octanol–water partition coefficient (Wildman–Crippen LogP) is 2.07. The van der Waals surface area contributed by atoms with Gasteiger partial charge >= 0.3 is 0 Å². The molecule has 0 atom stereocenters. The Kier molecular flexibility index (Phi) is 2.84. The number of hydrogen-bond donors (Lipinski definition) is 2. The molecule has 12 heavy (non-hydrogen) atoms. The van der Waals surface area contributed by atoms with Gasteiger partial charge in [-0.2, -0.15) is 0 Å². The first-order valence-electron chi connectivity index (χ1n) is 3.38. The number of hydrogen-bond acceptors (Lipinski definition) is 2. The van der Waals surface area contributed by atoms with Crippen LogP contribution in [0, 0.1) is 10.8 Å². The minimum atomic E-state index is 0.0686. The van der Waals surface area contributed by atoms with E-state index < -0.39 is 0 Å². The van der Waals surface area contributed by atoms with Crippen molar-refractivity contribution in [2.75, 3.05) is 0 Å². The summed E-state index contributed by atoms with van der Waals surface area (Å²) in [6.45, 7) is 0. The molecule has 0 saturated carbocycles. The zero-order valence-electron chi connectivity index (χ0n) is 6.36. The van der Waals surface area contributed by atoms with Gasteiger partial charge in [0.25, 0.3) is 0 Å². The molecule has 0 aliphatic carbocycles. The molecule has 60 valence electrons. The van der Waals surface area contributed by atoms with Gasteiger partial charge in [0.15, 0.2) is 5.84 Å². The fraction of sp³-hybridized carbons (Fsp3) is 0. The van der Waals surface area contributed by atoms with E-state index in [-0.39, 0.29) is 5.84 Å². The van der Waals surface area contributed by atoms with Crippen LogP contribution in [0.2, 0.25) is 0 Å². The van der Waals surface area contributed by atoms with E-state index in [1.165, 1.54) is 0 Å². The van der Waals surface area contributed by atoms with Crippen molar-refractivity contribution in [1.82, 2.24) is 0 Å². The maximum atomic E-state index is 7.37. The Labute approximate surface area is 70.0 Å². The lowest BCUT2D eigenvalue weighted by Crippen LogP contribution is -1.92. The van der Waals surface area contributed by atoms with Crippen LogP contribution in [0.15, 0.2) is 40.6 Å². The molecular formula is C8H8N4. The van der Waals surface area contributed by atoms with Gasteiger partial charge in [-0.3, -0.25) is 10.8 Å². The molecule has 4 heteroatoms. The SMILES string of the molecule is N=C/N=N\C(=N)c1ccccc1. The van der Waals surface area contributed by atoms with Crippen LogP contribution in [0.25, 0.3) is 0 Å². The molecule has 0 aliphatic rings. The van der Waals surface area contributed by atoms with Crippen molar-refractivity contribution in [3.8, 4) is 0 Å². The van der Waals surface area contributed by atoms with Gasteiger partial charge < -0.3 is 0 Å². The van der Waals surface area contributed by atoms with Gasteiger partial charge in [-0.05, 0) is 0 Å². The summed E-state index contributed by atoms with van der Waals surface area (Å²) in [7, 11) is 0. The van der Waals surface area contributed by atoms with Gasteiger partial charge in [0.1, 0.15) is 6.34 Å². The smallest absolute Gasteiger partial charge is 0.174 e. The summed E-state index contributed by atoms with van der Waals surface area (Å²) in [6, 6.07) is 9.05. The Balaban J connectivity index is 2.79. The molecule has 0 amide bonds. The fourth-order valence-electron chi connectivity index (χ4n) is 0.740. The summed E-state index contributed by atoms with van der Waals surface area (Å²) < 4.78 is 0. The van der Waals surface area contributed by atoms with Crippen molar-refractivity contribution >= 4 is 12.2 Å². The molecular weight excluding hydrogens is 152 g/mol. The number of azo groups is 1. The monoisotopic (exact) mass is 160 g/mol. The second kappa shape index (κ2) is 4.12. The Hall–Kier alpha value is -1.84. The average molecular weight is 160 g/mol. The molecule has 0 aliphatic heterocycles. The van der Waals surface area contributed by atoms with Crippen LogP contribution in [0.1, 0.15) is 5.56 Å². The largest absolute Gasteiger partial charge is 0.288 e. The molecule has 2 N–H and O–H groups in total. The van der Waals surface area contributed by atoms with Crippen molar-refractivity contribution < 1.29 is 0 Å². The van der Waals surface area contributed by atoms with Gasteiger partial charge in [-0.15, -0.1) is 10.2 Å². The topological polar surface area (TPSA) is 72.4 Å². The highest BCUT2D eigenvalue weighted by molar-refractivity contribution is 5.96. The Morgan fingerprint density at radius 3 is 2.50 bits per heavy atom. The van der Waals surface area contributed by atoms with Gasteiger partial charge in [0, 0.05) is 5.56 Å². The summed E-state index contributed by atoms with van der Waals surface area (Å²) in [4.78, 5) is 0. The molecule has 0 unspecified atom stereocenters. The average Bonchev–Trinajstić information content (AvgIpc) is 2.15. The number of benzene rings is 1. The maximum absolute atomic E-state index is 7.37. The van der Waals surface area contributed by atoms with Crippen LogP contribution in [0.4, 0.5) is 0 Å². The molecule has 0 bridgehead atoms. The van der Waals surface area contributed by atoms with Crippen molar-refractivity contribution in [3.05, 3.63) is 35.9 Å². The molecule has 1 rings (SSSR count). The second-order valence-electron chi connectivity index (χ2n) is 2.06. The van der Waals surface area contributed by atoms with Crippen LogP contribution < -0.4 is 0 Å². The summed E-state index contributed by atoms with van der Waals surface area (Å²) in [5.41, 5.74) is 0.697. The third-order valence-electron chi connectivity index (χ3n) is 1.26. The van der Waals surface area contributed by atoms with Crippen LogP contribution in [-0.4, -0.2) is 12.2 Å². The lowest BCUT2D eigenvalue weighted by molar-refractivity contribution is 1.28. The van der Waals surface area contributed by atoms with E-state index in [2.05, 4.69) is 10.2 Å². The van der Waals surface area contributed by atoms with Gasteiger partial charge in [0.2, 0.25) is 0 Å². The number of rotatable bonds is 2. The van der Waals surface area contributed by atoms with E-state index in [1.54, 1.807) is 12.1 Å². The Bertz CT molecular complexity index is 302. The van der Waals surface area contributed by atoms with Gasteiger partial charge in [0.05, 0.1) is 0 Å². The van der Waals surface area contributed by atoms with Crippen molar-refractivity contribution in [1.29, 1.82) is 10.8 Å². The highest BCUT2D eigenvalue weighted by Gasteiger charge is 1.95. The molecule has 0 saturated heterocycles. The van der Waals surface area contributed by atoms with Gasteiger partial charge in [-0.25, -0.2) is 0 Å². The lowest BCUT2D eigenvalue weighted by atomic mass is 10.2. The molecule has 1 aromatic carbocycles. The molecule has 0 spiro atoms. The zero-order chi connectivity index (χ0) is 8.81. The van der Waals surface area contributed by atoms with Crippen molar-refractivity contribution in [3.63, 3.8) is 0 Å². The van der Waals surface area contributed by atoms with Crippen LogP contribution in [0.3, 0.4) is 0 Å². The van der Waals surface area contributed by atoms with Crippen LogP contribution in [0.5, 0.6) is 0 Å². The molecule has 0 heterocycles. The third-order valence-corrected chi connectivity index (χ3v) is 1.26. The molecule has 1 aromatic rings. The molecule has 0 aromatic heterocycles. The first-order valence-corrected chi connectivity index (χ1v) is 3.38. The van der Waals surface area contributed by atoms with Crippen LogP contribution >= 0.6 is 0 Å². The minimum absolute atomic E-state index is 0.0686. The third kappa shape index (κ3) is 2.09. The summed E-state index contributed by atoms with van der Waals surface area (Å²) >= 11 is 0. The summed E-state index contributed by atoms with van der Waals surface area (Å²) in [5, 5.41) is 20.7. The van der Waals surface area contributed by atoms with Crippen LogP contribution in [-0.2, 0) is 0 Å². The molecule has 0 fully saturated rings. The fourth-order valence-corrected chi connectivity index (χ4v) is 0.740. The number of nitrogens with one attached hydrogen (secondary N) is 2. The molecule has 0 radical (unpaired) electrons. The summed E-state index contributed by atoms with van der Waals surface area (Å²) in [6.07, 6.45) is 0.803. The highest BCUT2D eigenvalue weighted by atomic mass is 15.1. The standard InChI is InChI=1S/C8H8N4/c9-6-11-12-8(10)7-4-2-1-3-5-7/h1-6,9-10H/b9-6?,10-8?,12-11-. The molecule has 4 nitrogen and oxygen atoms in total. The Morgan fingerprint density at radius 2 is 1.92 bits per heavy atom. The van der Waals surface area contributed by atoms with E-state index in [1.807, 2.05) is 18.2 Å². The van der Waals surface area contributed by atoms with E-state index in [0.29, 0.717) is 5.56 Å². The summed E-state index contributed by atoms with van der Waals surface area (Å²) in [5.74, 6) is 0.0686. The normalized spacial score (nSPS) is 10.0. The quantitative estimate of drug-likeness (QED) is 0.377. The number of nitrogens with zero attached hydrogens (tertiary/aromatic N) is 2. The second-order valence-corrected chi connectivity index (χ2v) is 2.06. The first kappa shape index (κ1) is 8.26. The first-order chi connectivity index (χ1) is 5.84. The predicted molar refractivity (Wildman–Crippen MR) is 46.9 cm³/mol.